The van der Waals surface area contributed by atoms with E-state index in [1.54, 1.807) is 4.90 Å². The molecule has 108 valence electrons. The van der Waals surface area contributed by atoms with Crippen LogP contribution in [0.5, 0.6) is 0 Å². The van der Waals surface area contributed by atoms with Crippen molar-refractivity contribution >= 4 is 12.1 Å². The Balaban J connectivity index is 1.99. The third-order valence-corrected chi connectivity index (χ3v) is 4.14. The van der Waals surface area contributed by atoms with Gasteiger partial charge in [0, 0.05) is 13.1 Å². The van der Waals surface area contributed by atoms with Crippen molar-refractivity contribution < 1.29 is 19.4 Å². The van der Waals surface area contributed by atoms with Gasteiger partial charge in [-0.05, 0) is 51.9 Å². The fourth-order valence-electron chi connectivity index (χ4n) is 3.25. The van der Waals surface area contributed by atoms with Gasteiger partial charge in [-0.2, -0.15) is 0 Å². The molecule has 1 saturated carbocycles. The van der Waals surface area contributed by atoms with Crippen LogP contribution in [-0.4, -0.2) is 40.8 Å². The van der Waals surface area contributed by atoms with E-state index in [4.69, 9.17) is 4.74 Å². The number of fused-ring (bicyclic) bond motifs is 1. The quantitative estimate of drug-likeness (QED) is 0.793. The van der Waals surface area contributed by atoms with Crippen molar-refractivity contribution in [2.75, 3.05) is 13.1 Å². The molecule has 5 nitrogen and oxygen atoms in total. The Bertz CT molecular complexity index is 374. The van der Waals surface area contributed by atoms with E-state index in [9.17, 15) is 14.7 Å². The van der Waals surface area contributed by atoms with Crippen molar-refractivity contribution in [2.45, 2.75) is 45.6 Å². The minimum absolute atomic E-state index is 0.0961. The minimum atomic E-state index is -0.724. The molecule has 0 aromatic rings. The van der Waals surface area contributed by atoms with Gasteiger partial charge in [0.2, 0.25) is 0 Å². The second kappa shape index (κ2) is 5.02. The van der Waals surface area contributed by atoms with Gasteiger partial charge in [0.05, 0.1) is 5.92 Å². The van der Waals surface area contributed by atoms with Crippen molar-refractivity contribution in [3.05, 3.63) is 0 Å². The smallest absolute Gasteiger partial charge is 0.410 e. The second-order valence-electron chi connectivity index (χ2n) is 6.66. The molecule has 5 heteroatoms. The lowest BCUT2D eigenvalue weighted by atomic mass is 9.84. The van der Waals surface area contributed by atoms with Crippen molar-refractivity contribution in [1.82, 2.24) is 4.90 Å². The van der Waals surface area contributed by atoms with Crippen molar-refractivity contribution in [3.8, 4) is 0 Å². The van der Waals surface area contributed by atoms with Crippen LogP contribution in [0.1, 0.15) is 40.0 Å². The third-order valence-electron chi connectivity index (χ3n) is 4.14. The van der Waals surface area contributed by atoms with E-state index < -0.39 is 11.6 Å². The van der Waals surface area contributed by atoms with E-state index in [1.807, 2.05) is 20.8 Å². The number of piperidine rings is 1. The summed E-state index contributed by atoms with van der Waals surface area (Å²) in [5.41, 5.74) is -0.504. The molecule has 1 aliphatic carbocycles. The molecule has 2 rings (SSSR count). The highest BCUT2D eigenvalue weighted by Gasteiger charge is 2.44. The minimum Gasteiger partial charge on any atom is -0.481 e. The molecule has 1 saturated heterocycles. The van der Waals surface area contributed by atoms with E-state index >= 15 is 0 Å². The van der Waals surface area contributed by atoms with Gasteiger partial charge < -0.3 is 14.7 Å². The summed E-state index contributed by atoms with van der Waals surface area (Å²) in [6, 6.07) is 0. The summed E-state index contributed by atoms with van der Waals surface area (Å²) in [6.07, 6.45) is 2.30. The molecule has 19 heavy (non-hydrogen) atoms. The van der Waals surface area contributed by atoms with Crippen molar-refractivity contribution in [2.24, 2.45) is 17.8 Å². The van der Waals surface area contributed by atoms with Gasteiger partial charge in [0.1, 0.15) is 5.60 Å². The molecule has 0 aromatic carbocycles. The van der Waals surface area contributed by atoms with Crippen LogP contribution >= 0.6 is 0 Å². The van der Waals surface area contributed by atoms with Crippen LogP contribution in [0.15, 0.2) is 0 Å². The van der Waals surface area contributed by atoms with Crippen LogP contribution in [0.3, 0.4) is 0 Å². The Morgan fingerprint density at radius 3 is 2.47 bits per heavy atom. The molecule has 2 fully saturated rings. The van der Waals surface area contributed by atoms with Gasteiger partial charge in [-0.15, -0.1) is 0 Å². The normalized spacial score (nSPS) is 30.9. The van der Waals surface area contributed by atoms with Crippen LogP contribution in [0.2, 0.25) is 0 Å². The summed E-state index contributed by atoms with van der Waals surface area (Å²) >= 11 is 0. The molecule has 0 spiro atoms. The monoisotopic (exact) mass is 269 g/mol. The molecule has 1 N–H and O–H groups in total. The lowest BCUT2D eigenvalue weighted by Gasteiger charge is -2.37. The van der Waals surface area contributed by atoms with Crippen molar-refractivity contribution in [1.29, 1.82) is 0 Å². The van der Waals surface area contributed by atoms with Gasteiger partial charge in [0.25, 0.3) is 0 Å². The van der Waals surface area contributed by atoms with E-state index in [1.165, 1.54) is 0 Å². The second-order valence-corrected chi connectivity index (χ2v) is 6.66. The first-order chi connectivity index (χ1) is 8.78. The number of hydrogen-bond acceptors (Lipinski definition) is 3. The molecule has 0 unspecified atom stereocenters. The van der Waals surface area contributed by atoms with Gasteiger partial charge in [0.15, 0.2) is 0 Å². The topological polar surface area (TPSA) is 66.8 Å². The summed E-state index contributed by atoms with van der Waals surface area (Å²) in [4.78, 5) is 24.9. The molecule has 0 aromatic heterocycles. The molecule has 0 radical (unpaired) electrons. The molecule has 3 atom stereocenters. The molecule has 1 heterocycles. The van der Waals surface area contributed by atoms with E-state index in [0.29, 0.717) is 19.0 Å². The fraction of sp³-hybridized carbons (Fsp3) is 0.857. The zero-order valence-electron chi connectivity index (χ0n) is 11.9. The predicted molar refractivity (Wildman–Crippen MR) is 69.8 cm³/mol. The maximum Gasteiger partial charge on any atom is 0.410 e. The maximum atomic E-state index is 12.0. The summed E-state index contributed by atoms with van der Waals surface area (Å²) in [6.45, 7) is 6.73. The van der Waals surface area contributed by atoms with Gasteiger partial charge in [-0.25, -0.2) is 4.79 Å². The van der Waals surface area contributed by atoms with Crippen LogP contribution < -0.4 is 0 Å². The Hall–Kier alpha value is -1.26. The number of nitrogens with zero attached hydrogens (tertiary/aromatic N) is 1. The summed E-state index contributed by atoms with van der Waals surface area (Å²) in [7, 11) is 0. The molecular weight excluding hydrogens is 246 g/mol. The van der Waals surface area contributed by atoms with Crippen LogP contribution in [0, 0.1) is 17.8 Å². The van der Waals surface area contributed by atoms with Gasteiger partial charge in [-0.1, -0.05) is 0 Å². The largest absolute Gasteiger partial charge is 0.481 e. The number of hydrogen-bond donors (Lipinski definition) is 1. The molecule has 1 amide bonds. The van der Waals surface area contributed by atoms with Crippen molar-refractivity contribution in [3.63, 3.8) is 0 Å². The number of carboxylic acid groups (broad SMARTS) is 1. The number of likely N-dealkylation sites (tertiary alicyclic amines) is 1. The van der Waals surface area contributed by atoms with E-state index in [-0.39, 0.29) is 17.9 Å². The summed E-state index contributed by atoms with van der Waals surface area (Å²) in [5, 5.41) is 9.23. The molecular formula is C14H23NO4. The number of carbonyl (C=O) groups is 2. The van der Waals surface area contributed by atoms with E-state index in [0.717, 1.165) is 19.3 Å². The summed E-state index contributed by atoms with van der Waals surface area (Å²) in [5.74, 6) is -0.465. The number of rotatable bonds is 1. The number of amides is 1. The number of ether oxygens (including phenoxy) is 1. The highest BCUT2D eigenvalue weighted by atomic mass is 16.6. The first-order valence-electron chi connectivity index (χ1n) is 6.98. The SMILES string of the molecule is CC(C)(C)OC(=O)N1CC[C@H]2CC[C@H](C(=O)O)[C@H]2C1. The van der Waals surface area contributed by atoms with Crippen LogP contribution in [0.4, 0.5) is 4.79 Å². The Kier molecular flexibility index (Phi) is 3.74. The molecule has 0 bridgehead atoms. The zero-order chi connectivity index (χ0) is 14.2. The Morgan fingerprint density at radius 2 is 1.89 bits per heavy atom. The number of carbonyl (C=O) groups excluding carboxylic acids is 1. The number of carboxylic acids is 1. The maximum absolute atomic E-state index is 12.0. The standard InChI is InChI=1S/C14H23NO4/c1-14(2,3)19-13(18)15-7-6-9-4-5-10(12(16)17)11(9)8-15/h9-11H,4-8H2,1-3H3,(H,16,17)/t9-,10+,11+/m1/s1. The zero-order valence-corrected chi connectivity index (χ0v) is 11.9. The predicted octanol–water partition coefficient (Wildman–Crippen LogP) is 2.35. The first kappa shape index (κ1) is 14.2. The average Bonchev–Trinajstić information content (AvgIpc) is 2.68. The van der Waals surface area contributed by atoms with Gasteiger partial charge in [-0.3, -0.25) is 4.79 Å². The fourth-order valence-corrected chi connectivity index (χ4v) is 3.25. The lowest BCUT2D eigenvalue weighted by Crippen LogP contribution is -2.46. The molecule has 2 aliphatic rings. The van der Waals surface area contributed by atoms with Crippen LogP contribution in [-0.2, 0) is 9.53 Å². The van der Waals surface area contributed by atoms with Crippen LogP contribution in [0.25, 0.3) is 0 Å². The lowest BCUT2D eigenvalue weighted by molar-refractivity contribution is -0.143. The molecule has 1 aliphatic heterocycles. The average molecular weight is 269 g/mol. The first-order valence-corrected chi connectivity index (χ1v) is 6.98. The Labute approximate surface area is 113 Å². The summed E-state index contributed by atoms with van der Waals surface area (Å²) < 4.78 is 5.36. The third kappa shape index (κ3) is 3.19. The van der Waals surface area contributed by atoms with Gasteiger partial charge >= 0.3 is 12.1 Å². The highest BCUT2D eigenvalue weighted by Crippen LogP contribution is 2.42. The highest BCUT2D eigenvalue weighted by molar-refractivity contribution is 5.72. The Morgan fingerprint density at radius 1 is 1.21 bits per heavy atom. The van der Waals surface area contributed by atoms with E-state index in [2.05, 4.69) is 0 Å². The number of aliphatic carboxylic acids is 1.